The summed E-state index contributed by atoms with van der Waals surface area (Å²) in [6, 6.07) is 9.74. The molecule has 0 saturated carbocycles. The molecular formula is C18H20N4O2S. The first kappa shape index (κ1) is 17.2. The van der Waals surface area contributed by atoms with Gasteiger partial charge in [-0.15, -0.1) is 0 Å². The van der Waals surface area contributed by atoms with E-state index < -0.39 is 0 Å². The summed E-state index contributed by atoms with van der Waals surface area (Å²) in [7, 11) is 0. The number of H-pyrrole nitrogens is 1. The average Bonchev–Trinajstić information content (AvgIpc) is 2.91. The lowest BCUT2D eigenvalue weighted by atomic mass is 10.1. The third-order valence-corrected chi connectivity index (χ3v) is 4.54. The molecule has 25 heavy (non-hydrogen) atoms. The van der Waals surface area contributed by atoms with Crippen molar-refractivity contribution in [1.29, 1.82) is 0 Å². The Hall–Kier alpha value is -2.67. The van der Waals surface area contributed by atoms with Gasteiger partial charge in [0, 0.05) is 11.1 Å². The van der Waals surface area contributed by atoms with Crippen LogP contribution in [0.15, 0.2) is 40.7 Å². The zero-order chi connectivity index (χ0) is 17.8. The number of hydrazine groups is 1. The van der Waals surface area contributed by atoms with E-state index in [4.69, 9.17) is 4.74 Å². The summed E-state index contributed by atoms with van der Waals surface area (Å²) in [6.07, 6.45) is 0. The van der Waals surface area contributed by atoms with Gasteiger partial charge in [0.05, 0.1) is 29.2 Å². The van der Waals surface area contributed by atoms with Crippen molar-refractivity contribution >= 4 is 34.3 Å². The zero-order valence-corrected chi connectivity index (χ0v) is 15.2. The summed E-state index contributed by atoms with van der Waals surface area (Å²) in [6.45, 7) is 5.94. The summed E-state index contributed by atoms with van der Waals surface area (Å²) in [5, 5.41) is 2.72. The van der Waals surface area contributed by atoms with E-state index in [9.17, 15) is 4.79 Å². The first-order chi connectivity index (χ1) is 12.1. The lowest BCUT2D eigenvalue weighted by Crippen LogP contribution is -2.37. The number of aryl methyl sites for hydroxylation is 1. The fourth-order valence-electron chi connectivity index (χ4n) is 2.62. The highest BCUT2D eigenvalue weighted by Crippen LogP contribution is 2.27. The number of ether oxygens (including phenoxy) is 1. The van der Waals surface area contributed by atoms with Gasteiger partial charge >= 0.3 is 5.97 Å². The van der Waals surface area contributed by atoms with Gasteiger partial charge in [0.1, 0.15) is 0 Å². The summed E-state index contributed by atoms with van der Waals surface area (Å²) in [5.74, 6) is -0.302. The Balaban J connectivity index is 1.81. The number of nitrogens with one attached hydrogen (secondary N) is 3. The van der Waals surface area contributed by atoms with Crippen molar-refractivity contribution in [3.8, 4) is 0 Å². The number of hydrogen-bond donors (Lipinski definition) is 3. The van der Waals surface area contributed by atoms with Crippen LogP contribution in [0.3, 0.4) is 0 Å². The second kappa shape index (κ2) is 7.48. The second-order valence-electron chi connectivity index (χ2n) is 5.50. The lowest BCUT2D eigenvalue weighted by Gasteiger charge is -2.18. The Morgan fingerprint density at radius 2 is 1.96 bits per heavy atom. The number of nitrogens with zero attached hydrogens (tertiary/aromatic N) is 1. The molecule has 1 aromatic carbocycles. The number of thioether (sulfide) groups is 1. The van der Waals surface area contributed by atoms with Gasteiger partial charge in [-0.05, 0) is 38.5 Å². The molecule has 0 spiro atoms. The first-order valence-electron chi connectivity index (χ1n) is 7.99. The van der Waals surface area contributed by atoms with Gasteiger partial charge in [-0.3, -0.25) is 10.9 Å². The van der Waals surface area contributed by atoms with Gasteiger partial charge in [0.2, 0.25) is 0 Å². The molecule has 0 aliphatic carbocycles. The second-order valence-corrected chi connectivity index (χ2v) is 6.36. The van der Waals surface area contributed by atoms with Crippen LogP contribution in [0.25, 0.3) is 5.70 Å². The van der Waals surface area contributed by atoms with Gasteiger partial charge in [-0.1, -0.05) is 30.0 Å². The molecule has 0 atom stereocenters. The number of carbonyl (C=O) groups is 1. The van der Waals surface area contributed by atoms with Crippen molar-refractivity contribution in [2.24, 2.45) is 4.99 Å². The molecule has 130 valence electrons. The fraction of sp³-hybridized carbons (Fsp3) is 0.222. The van der Waals surface area contributed by atoms with Crippen LogP contribution in [-0.4, -0.2) is 22.7 Å². The van der Waals surface area contributed by atoms with Gasteiger partial charge in [-0.25, -0.2) is 9.79 Å². The molecule has 0 radical (unpaired) electrons. The summed E-state index contributed by atoms with van der Waals surface area (Å²) >= 11 is 1.48. The van der Waals surface area contributed by atoms with Gasteiger partial charge in [-0.2, -0.15) is 0 Å². The molecule has 1 aromatic heterocycles. The normalized spacial score (nSPS) is 15.3. The molecule has 2 heterocycles. The number of aromatic nitrogens is 1. The topological polar surface area (TPSA) is 78.5 Å². The number of rotatable bonds is 4. The van der Waals surface area contributed by atoms with Crippen molar-refractivity contribution in [2.75, 3.05) is 6.61 Å². The van der Waals surface area contributed by atoms with Crippen molar-refractivity contribution in [2.45, 2.75) is 20.8 Å². The van der Waals surface area contributed by atoms with Gasteiger partial charge < -0.3 is 9.72 Å². The van der Waals surface area contributed by atoms with E-state index in [0.29, 0.717) is 12.2 Å². The minimum Gasteiger partial charge on any atom is -0.462 e. The predicted octanol–water partition coefficient (Wildman–Crippen LogP) is 3.64. The van der Waals surface area contributed by atoms with E-state index in [2.05, 4.69) is 20.8 Å². The number of aromatic amines is 1. The van der Waals surface area contributed by atoms with E-state index in [1.54, 1.807) is 6.92 Å². The Morgan fingerprint density at radius 1 is 1.20 bits per heavy atom. The van der Waals surface area contributed by atoms with Gasteiger partial charge in [0.15, 0.2) is 5.17 Å². The quantitative estimate of drug-likeness (QED) is 0.729. The smallest absolute Gasteiger partial charge is 0.340 e. The van der Waals surface area contributed by atoms with E-state index >= 15 is 0 Å². The van der Waals surface area contributed by atoms with Crippen LogP contribution in [0.4, 0.5) is 5.69 Å². The zero-order valence-electron chi connectivity index (χ0n) is 14.3. The molecule has 0 amide bonds. The minimum atomic E-state index is -0.302. The fourth-order valence-corrected chi connectivity index (χ4v) is 3.29. The molecule has 7 heteroatoms. The van der Waals surface area contributed by atoms with Crippen molar-refractivity contribution in [3.63, 3.8) is 0 Å². The van der Waals surface area contributed by atoms with Gasteiger partial charge in [0.25, 0.3) is 0 Å². The number of para-hydroxylation sites is 1. The maximum absolute atomic E-state index is 12.1. The molecule has 6 nitrogen and oxygen atoms in total. The third kappa shape index (κ3) is 3.71. The highest BCUT2D eigenvalue weighted by molar-refractivity contribution is 8.16. The largest absolute Gasteiger partial charge is 0.462 e. The standard InChI is InChI=1S/C18H20N4O2S/c1-4-24-17(23)15-11(2)16(19-12(15)3)14-10-25-18(22-21-14)20-13-8-6-5-7-9-13/h5-10,19,21H,4H2,1-3H3,(H,20,22). The SMILES string of the molecule is CCOC(=O)c1c(C)[nH]c(C2=CSC(=Nc3ccccc3)NN2)c1C. The molecule has 1 aliphatic heterocycles. The number of esters is 1. The lowest BCUT2D eigenvalue weighted by molar-refractivity contribution is 0.0525. The summed E-state index contributed by atoms with van der Waals surface area (Å²) < 4.78 is 5.13. The number of carbonyl (C=O) groups excluding carboxylic acids is 1. The minimum absolute atomic E-state index is 0.302. The molecule has 1 aliphatic rings. The monoisotopic (exact) mass is 356 g/mol. The molecule has 0 fully saturated rings. The van der Waals surface area contributed by atoms with Crippen LogP contribution >= 0.6 is 11.8 Å². The summed E-state index contributed by atoms with van der Waals surface area (Å²) in [5.41, 5.74) is 11.1. The molecule has 0 unspecified atom stereocenters. The summed E-state index contributed by atoms with van der Waals surface area (Å²) in [4.78, 5) is 19.9. The molecule has 0 saturated heterocycles. The van der Waals surface area contributed by atoms with Crippen LogP contribution in [0.1, 0.15) is 34.2 Å². The Bertz CT molecular complexity index is 840. The maximum Gasteiger partial charge on any atom is 0.340 e. The highest BCUT2D eigenvalue weighted by Gasteiger charge is 2.22. The van der Waals surface area contributed by atoms with E-state index in [1.165, 1.54) is 11.8 Å². The predicted molar refractivity (Wildman–Crippen MR) is 102 cm³/mol. The van der Waals surface area contributed by atoms with Crippen molar-refractivity contribution < 1.29 is 9.53 Å². The molecular weight excluding hydrogens is 336 g/mol. The van der Waals surface area contributed by atoms with Crippen LogP contribution in [0.5, 0.6) is 0 Å². The molecule has 3 N–H and O–H groups in total. The van der Waals surface area contributed by atoms with Crippen molar-refractivity contribution in [3.05, 3.63) is 58.3 Å². The van der Waals surface area contributed by atoms with E-state index in [-0.39, 0.29) is 5.97 Å². The van der Waals surface area contributed by atoms with Crippen LogP contribution in [0, 0.1) is 13.8 Å². The molecule has 0 bridgehead atoms. The Kier molecular flexibility index (Phi) is 5.14. The van der Waals surface area contributed by atoms with Crippen molar-refractivity contribution in [1.82, 2.24) is 15.8 Å². The molecule has 3 rings (SSSR count). The Morgan fingerprint density at radius 3 is 2.60 bits per heavy atom. The highest BCUT2D eigenvalue weighted by atomic mass is 32.2. The number of benzene rings is 1. The van der Waals surface area contributed by atoms with Crippen LogP contribution in [-0.2, 0) is 4.74 Å². The van der Waals surface area contributed by atoms with E-state index in [0.717, 1.165) is 33.5 Å². The first-order valence-corrected chi connectivity index (χ1v) is 8.87. The molecule has 2 aromatic rings. The average molecular weight is 356 g/mol. The third-order valence-electron chi connectivity index (χ3n) is 3.77. The maximum atomic E-state index is 12.1. The van der Waals surface area contributed by atoms with Crippen LogP contribution < -0.4 is 10.9 Å². The number of hydrogen-bond acceptors (Lipinski definition) is 5. The number of aliphatic imine (C=N–C) groups is 1. The Labute approximate surface area is 150 Å². The van der Waals surface area contributed by atoms with Crippen LogP contribution in [0.2, 0.25) is 0 Å². The number of amidine groups is 1. The van der Waals surface area contributed by atoms with E-state index in [1.807, 2.05) is 49.6 Å².